The zero-order valence-electron chi connectivity index (χ0n) is 43.4. The minimum absolute atomic E-state index is 0.0229. The van der Waals surface area contributed by atoms with Gasteiger partial charge >= 0.3 is 11.9 Å². The summed E-state index contributed by atoms with van der Waals surface area (Å²) >= 11 is 0. The second-order valence-electron chi connectivity index (χ2n) is 19.7. The Kier molecular flexibility index (Phi) is 47.1. The quantitative estimate of drug-likeness (QED) is 0.0447. The molecule has 0 heterocycles. The molecule has 0 fully saturated rings. The van der Waals surface area contributed by atoms with Gasteiger partial charge in [0.05, 0.1) is 13.2 Å². The van der Waals surface area contributed by atoms with Gasteiger partial charge in [0.25, 0.3) is 0 Å². The van der Waals surface area contributed by atoms with Crippen molar-refractivity contribution in [3.05, 3.63) is 0 Å². The molecule has 0 bridgehead atoms. The molecule has 374 valence electrons. The van der Waals surface area contributed by atoms with Gasteiger partial charge in [0, 0.05) is 32.9 Å². The van der Waals surface area contributed by atoms with Gasteiger partial charge in [0.15, 0.2) is 0 Å². The molecule has 0 aliphatic heterocycles. The van der Waals surface area contributed by atoms with E-state index in [0.717, 1.165) is 84.0 Å². The van der Waals surface area contributed by atoms with Gasteiger partial charge in [-0.05, 0) is 95.7 Å². The van der Waals surface area contributed by atoms with E-state index in [1.807, 2.05) is 11.9 Å². The van der Waals surface area contributed by atoms with Gasteiger partial charge in [-0.3, -0.25) is 14.4 Å². The first-order valence-corrected chi connectivity index (χ1v) is 28.1. The lowest BCUT2D eigenvalue weighted by atomic mass is 9.95. The summed E-state index contributed by atoms with van der Waals surface area (Å²) in [5.74, 6) is 1.24. The van der Waals surface area contributed by atoms with Crippen LogP contribution in [0.4, 0.5) is 0 Å². The Bertz CT molecular complexity index is 933. The van der Waals surface area contributed by atoms with Gasteiger partial charge in [-0.2, -0.15) is 0 Å². The zero-order valence-corrected chi connectivity index (χ0v) is 43.4. The third-order valence-electron chi connectivity index (χ3n) is 13.4. The number of carbonyl (C=O) groups is 3. The van der Waals surface area contributed by atoms with Crippen LogP contribution in [0, 0.1) is 11.8 Å². The van der Waals surface area contributed by atoms with Crippen molar-refractivity contribution in [2.24, 2.45) is 11.8 Å². The molecule has 1 amide bonds. The second-order valence-corrected chi connectivity index (χ2v) is 19.7. The molecule has 0 aliphatic rings. The number of esters is 2. The maximum Gasteiger partial charge on any atom is 0.305 e. The van der Waals surface area contributed by atoms with Crippen LogP contribution in [0.15, 0.2) is 0 Å². The number of unbranched alkanes of at least 4 members (excludes halogenated alkanes) is 24. The van der Waals surface area contributed by atoms with Crippen LogP contribution in [0.2, 0.25) is 0 Å². The lowest BCUT2D eigenvalue weighted by Gasteiger charge is -2.24. The van der Waals surface area contributed by atoms with Gasteiger partial charge in [0.1, 0.15) is 0 Å². The SMILES string of the molecule is CCCCCCCCC(CCCCCC)COC(=O)CCCCCN(CCCCCC(=O)OCC(CCCCCC)CCCCCCCC)CCCN(C)C(=O)CCCCCCC. The standard InChI is InChI=1S/C56H110N2O5/c1-7-12-17-22-25-31-41-52(39-29-20-15-10-4)50-62-55(60)44-34-27-36-47-58(49-38-46-57(6)54(59)43-33-24-19-14-9-3)48-37-28-35-45-56(61)63-51-53(40-30-21-16-11-5)42-32-26-23-18-13-8-2/h52-53H,7-51H2,1-6H3. The largest absolute Gasteiger partial charge is 0.465 e. The van der Waals surface area contributed by atoms with E-state index in [4.69, 9.17) is 9.47 Å². The fourth-order valence-electron chi connectivity index (χ4n) is 8.96. The molecule has 63 heavy (non-hydrogen) atoms. The number of carbonyl (C=O) groups excluding carboxylic acids is 3. The molecule has 0 radical (unpaired) electrons. The van der Waals surface area contributed by atoms with E-state index in [1.165, 1.54) is 173 Å². The zero-order chi connectivity index (χ0) is 46.3. The highest BCUT2D eigenvalue weighted by Crippen LogP contribution is 2.22. The smallest absolute Gasteiger partial charge is 0.305 e. The van der Waals surface area contributed by atoms with E-state index in [9.17, 15) is 14.4 Å². The molecule has 0 aromatic heterocycles. The molecule has 0 N–H and O–H groups in total. The number of ether oxygens (including phenoxy) is 2. The lowest BCUT2D eigenvalue weighted by Crippen LogP contribution is -2.32. The Balaban J connectivity index is 4.87. The van der Waals surface area contributed by atoms with Gasteiger partial charge < -0.3 is 19.3 Å². The van der Waals surface area contributed by atoms with E-state index >= 15 is 0 Å². The second kappa shape index (κ2) is 48.3. The molecule has 0 aromatic rings. The molecule has 7 nitrogen and oxygen atoms in total. The Morgan fingerprint density at radius 3 is 1.05 bits per heavy atom. The van der Waals surface area contributed by atoms with Crippen LogP contribution in [-0.4, -0.2) is 74.1 Å². The maximum absolute atomic E-state index is 12.8. The first-order chi connectivity index (χ1) is 30.8. The molecule has 0 saturated carbocycles. The van der Waals surface area contributed by atoms with Crippen LogP contribution in [0.5, 0.6) is 0 Å². The topological polar surface area (TPSA) is 76.2 Å². The molecule has 2 unspecified atom stereocenters. The Morgan fingerprint density at radius 2 is 0.651 bits per heavy atom. The van der Waals surface area contributed by atoms with E-state index in [0.29, 0.717) is 44.3 Å². The highest BCUT2D eigenvalue weighted by molar-refractivity contribution is 5.75. The number of hydrogen-bond acceptors (Lipinski definition) is 6. The minimum atomic E-state index is -0.0229. The van der Waals surface area contributed by atoms with Crippen molar-refractivity contribution in [3.8, 4) is 0 Å². The third kappa shape index (κ3) is 42.7. The van der Waals surface area contributed by atoms with Crippen molar-refractivity contribution in [1.82, 2.24) is 9.80 Å². The molecule has 0 saturated heterocycles. The average molecular weight is 892 g/mol. The average Bonchev–Trinajstić information content (AvgIpc) is 3.28. The predicted molar refractivity (Wildman–Crippen MR) is 271 cm³/mol. The van der Waals surface area contributed by atoms with E-state index < -0.39 is 0 Å². The Labute approximate surface area is 393 Å². The molecule has 0 spiro atoms. The van der Waals surface area contributed by atoms with Crippen LogP contribution >= 0.6 is 0 Å². The number of amides is 1. The molecular formula is C56H110N2O5. The maximum atomic E-state index is 12.8. The monoisotopic (exact) mass is 891 g/mol. The van der Waals surface area contributed by atoms with E-state index in [-0.39, 0.29) is 17.8 Å². The summed E-state index contributed by atoms with van der Waals surface area (Å²) in [6, 6.07) is 0. The Morgan fingerprint density at radius 1 is 0.349 bits per heavy atom. The summed E-state index contributed by atoms with van der Waals surface area (Å²) in [6.45, 7) is 16.3. The van der Waals surface area contributed by atoms with E-state index in [2.05, 4.69) is 39.5 Å². The van der Waals surface area contributed by atoms with Crippen LogP contribution in [0.25, 0.3) is 0 Å². The first kappa shape index (κ1) is 61.4. The number of nitrogens with zero attached hydrogens (tertiary/aromatic N) is 2. The van der Waals surface area contributed by atoms with Crippen molar-refractivity contribution in [1.29, 1.82) is 0 Å². The number of rotatable bonds is 50. The predicted octanol–water partition coefficient (Wildman–Crippen LogP) is 16.4. The minimum Gasteiger partial charge on any atom is -0.465 e. The van der Waals surface area contributed by atoms with Crippen molar-refractivity contribution in [2.75, 3.05) is 46.4 Å². The molecule has 7 heteroatoms. The van der Waals surface area contributed by atoms with Crippen molar-refractivity contribution in [3.63, 3.8) is 0 Å². The molecule has 0 rings (SSSR count). The Hall–Kier alpha value is -1.63. The summed E-state index contributed by atoms with van der Waals surface area (Å²) in [6.07, 6.45) is 45.1. The van der Waals surface area contributed by atoms with Gasteiger partial charge in [-0.1, -0.05) is 202 Å². The lowest BCUT2D eigenvalue weighted by molar-refractivity contribution is -0.146. The third-order valence-corrected chi connectivity index (χ3v) is 13.4. The normalized spacial score (nSPS) is 12.5. The van der Waals surface area contributed by atoms with Crippen LogP contribution in [0.1, 0.15) is 285 Å². The van der Waals surface area contributed by atoms with Gasteiger partial charge in [0.2, 0.25) is 5.91 Å². The highest BCUT2D eigenvalue weighted by atomic mass is 16.5. The van der Waals surface area contributed by atoms with Gasteiger partial charge in [-0.15, -0.1) is 0 Å². The van der Waals surface area contributed by atoms with Crippen molar-refractivity contribution < 1.29 is 23.9 Å². The molecule has 0 aliphatic carbocycles. The highest BCUT2D eigenvalue weighted by Gasteiger charge is 2.15. The summed E-state index contributed by atoms with van der Waals surface area (Å²) < 4.78 is 11.8. The fraction of sp³-hybridized carbons (Fsp3) is 0.946. The number of hydrogen-bond donors (Lipinski definition) is 0. The molecule has 0 aromatic carbocycles. The van der Waals surface area contributed by atoms with Crippen LogP contribution in [0.3, 0.4) is 0 Å². The van der Waals surface area contributed by atoms with Crippen molar-refractivity contribution in [2.45, 2.75) is 285 Å². The van der Waals surface area contributed by atoms with E-state index in [1.54, 1.807) is 0 Å². The van der Waals surface area contributed by atoms with Crippen molar-refractivity contribution >= 4 is 17.8 Å². The summed E-state index contributed by atoms with van der Waals surface area (Å²) in [5, 5.41) is 0. The summed E-state index contributed by atoms with van der Waals surface area (Å²) in [5.41, 5.74) is 0. The molecular weight excluding hydrogens is 781 g/mol. The first-order valence-electron chi connectivity index (χ1n) is 28.1. The molecule has 2 atom stereocenters. The summed E-state index contributed by atoms with van der Waals surface area (Å²) in [7, 11) is 1.96. The van der Waals surface area contributed by atoms with Crippen LogP contribution in [-0.2, 0) is 23.9 Å². The van der Waals surface area contributed by atoms with Crippen LogP contribution < -0.4 is 0 Å². The van der Waals surface area contributed by atoms with Gasteiger partial charge in [-0.25, -0.2) is 0 Å². The fourth-order valence-corrected chi connectivity index (χ4v) is 8.96. The summed E-state index contributed by atoms with van der Waals surface area (Å²) in [4.78, 5) is 42.9.